The van der Waals surface area contributed by atoms with Crippen LogP contribution in [0, 0.1) is 0 Å². The third kappa shape index (κ3) is 2.64. The van der Waals surface area contributed by atoms with E-state index >= 15 is 0 Å². The van der Waals surface area contributed by atoms with E-state index in [2.05, 4.69) is 35.0 Å². The van der Waals surface area contributed by atoms with Gasteiger partial charge in [-0.15, -0.1) is 11.6 Å². The summed E-state index contributed by atoms with van der Waals surface area (Å²) < 4.78 is 1.20. The first-order chi connectivity index (χ1) is 5.16. The van der Waals surface area contributed by atoms with Crippen LogP contribution in [-0.2, 0) is 0 Å². The smallest absolute Gasteiger partial charge is 0.0674 e. The Hall–Kier alpha value is 0.250. The van der Waals surface area contributed by atoms with Gasteiger partial charge in [0.15, 0.2) is 0 Å². The normalized spacial score (nSPS) is 30.3. The second kappa shape index (κ2) is 3.77. The van der Waals surface area contributed by atoms with Gasteiger partial charge < -0.3 is 0 Å². The van der Waals surface area contributed by atoms with Crippen molar-refractivity contribution in [2.45, 2.75) is 31.1 Å². The van der Waals surface area contributed by atoms with Crippen molar-refractivity contribution in [2.75, 3.05) is 0 Å². The summed E-state index contributed by atoms with van der Waals surface area (Å²) >= 11 is 9.77. The average Bonchev–Trinajstić information content (AvgIpc) is 1.86. The zero-order chi connectivity index (χ0) is 8.32. The van der Waals surface area contributed by atoms with Crippen molar-refractivity contribution in [3.63, 3.8) is 0 Å². The van der Waals surface area contributed by atoms with Crippen molar-refractivity contribution in [3.8, 4) is 0 Å². The highest BCUT2D eigenvalue weighted by Crippen LogP contribution is 2.35. The summed E-state index contributed by atoms with van der Waals surface area (Å²) in [5, 5.41) is 0. The minimum absolute atomic E-state index is 0.123. The van der Waals surface area contributed by atoms with Crippen LogP contribution in [0.5, 0.6) is 0 Å². The van der Waals surface area contributed by atoms with Gasteiger partial charge in [0.1, 0.15) is 0 Å². The van der Waals surface area contributed by atoms with Gasteiger partial charge in [-0.3, -0.25) is 0 Å². The number of hydrogen-bond donors (Lipinski definition) is 0. The first-order valence-electron chi connectivity index (χ1n) is 3.89. The third-order valence-electron chi connectivity index (χ3n) is 1.80. The Morgan fingerprint density at radius 2 is 2.45 bits per heavy atom. The molecule has 0 N–H and O–H groups in total. The van der Waals surface area contributed by atoms with Gasteiger partial charge in [0.2, 0.25) is 0 Å². The lowest BCUT2D eigenvalue weighted by Gasteiger charge is -2.24. The van der Waals surface area contributed by atoms with E-state index in [9.17, 15) is 0 Å². The molecule has 0 radical (unpaired) electrons. The molecule has 62 valence electrons. The Morgan fingerprint density at radius 1 is 1.73 bits per heavy atom. The highest BCUT2D eigenvalue weighted by Gasteiger charge is 2.25. The molecule has 0 aliphatic heterocycles. The minimum atomic E-state index is -0.123. The van der Waals surface area contributed by atoms with Crippen LogP contribution in [0.4, 0.5) is 0 Å². The molecule has 1 atom stereocenters. The van der Waals surface area contributed by atoms with Crippen LogP contribution in [0.1, 0.15) is 26.2 Å². The first-order valence-corrected chi connectivity index (χ1v) is 5.06. The summed E-state index contributed by atoms with van der Waals surface area (Å²) in [7, 11) is 0. The van der Waals surface area contributed by atoms with Crippen molar-refractivity contribution in [1.29, 1.82) is 0 Å². The Labute approximate surface area is 81.4 Å². The predicted octanol–water partition coefficient (Wildman–Crippen LogP) is 4.00. The summed E-state index contributed by atoms with van der Waals surface area (Å²) in [6.45, 7) is 2.16. The van der Waals surface area contributed by atoms with E-state index in [4.69, 9.17) is 11.6 Å². The molecule has 1 unspecified atom stereocenters. The van der Waals surface area contributed by atoms with Crippen LogP contribution >= 0.6 is 27.5 Å². The lowest BCUT2D eigenvalue weighted by molar-refractivity contribution is 0.619. The standard InChI is InChI=1S/C9H12BrCl/c1-2-5-9(11)6-3-4-8(10)7-9/h3-4,6H,2,5,7H2,1H3. The maximum atomic E-state index is 6.31. The zero-order valence-corrected chi connectivity index (χ0v) is 8.95. The van der Waals surface area contributed by atoms with Crippen LogP contribution in [0.2, 0.25) is 0 Å². The topological polar surface area (TPSA) is 0 Å². The van der Waals surface area contributed by atoms with E-state index in [0.717, 1.165) is 19.3 Å². The van der Waals surface area contributed by atoms with E-state index in [1.165, 1.54) is 4.48 Å². The molecule has 1 rings (SSSR count). The van der Waals surface area contributed by atoms with Gasteiger partial charge in [0.05, 0.1) is 4.87 Å². The predicted molar refractivity (Wildman–Crippen MR) is 54.3 cm³/mol. The molecule has 0 saturated carbocycles. The largest absolute Gasteiger partial charge is 0.114 e. The van der Waals surface area contributed by atoms with Gasteiger partial charge in [-0.2, -0.15) is 0 Å². The van der Waals surface area contributed by atoms with Crippen molar-refractivity contribution in [3.05, 3.63) is 22.7 Å². The highest BCUT2D eigenvalue weighted by atomic mass is 79.9. The second-order valence-corrected chi connectivity index (χ2v) is 4.71. The second-order valence-electron chi connectivity index (χ2n) is 2.93. The molecule has 0 heterocycles. The lowest BCUT2D eigenvalue weighted by atomic mass is 9.95. The van der Waals surface area contributed by atoms with Gasteiger partial charge in [0, 0.05) is 6.42 Å². The Bertz CT molecular complexity index is 196. The van der Waals surface area contributed by atoms with Crippen LogP contribution in [0.3, 0.4) is 0 Å². The van der Waals surface area contributed by atoms with E-state index in [-0.39, 0.29) is 4.87 Å². The summed E-state index contributed by atoms with van der Waals surface area (Å²) in [6, 6.07) is 0. The van der Waals surface area contributed by atoms with E-state index < -0.39 is 0 Å². The summed E-state index contributed by atoms with van der Waals surface area (Å²) in [6.07, 6.45) is 9.27. The number of alkyl halides is 1. The molecule has 0 nitrogen and oxygen atoms in total. The molecule has 0 fully saturated rings. The maximum Gasteiger partial charge on any atom is 0.0674 e. The third-order valence-corrected chi connectivity index (χ3v) is 2.79. The number of hydrogen-bond acceptors (Lipinski definition) is 0. The fraction of sp³-hybridized carbons (Fsp3) is 0.556. The SMILES string of the molecule is CCCC1(Cl)C=CC=C(Br)C1. The molecule has 0 aromatic heterocycles. The van der Waals surface area contributed by atoms with Crippen molar-refractivity contribution in [2.24, 2.45) is 0 Å². The van der Waals surface area contributed by atoms with E-state index in [0.29, 0.717) is 0 Å². The number of halogens is 2. The Kier molecular flexibility index (Phi) is 3.20. The van der Waals surface area contributed by atoms with Crippen LogP contribution in [0.25, 0.3) is 0 Å². The monoisotopic (exact) mass is 234 g/mol. The molecule has 0 aromatic rings. The molecule has 11 heavy (non-hydrogen) atoms. The molecule has 0 amide bonds. The van der Waals surface area contributed by atoms with Crippen molar-refractivity contribution in [1.82, 2.24) is 0 Å². The minimum Gasteiger partial charge on any atom is -0.114 e. The van der Waals surface area contributed by atoms with E-state index in [1.807, 2.05) is 6.08 Å². The number of rotatable bonds is 2. The molecular formula is C9H12BrCl. The molecule has 1 aliphatic carbocycles. The van der Waals surface area contributed by atoms with Crippen LogP contribution in [0.15, 0.2) is 22.7 Å². The maximum absolute atomic E-state index is 6.31. The zero-order valence-electron chi connectivity index (χ0n) is 6.61. The Morgan fingerprint density at radius 3 is 3.00 bits per heavy atom. The van der Waals surface area contributed by atoms with Gasteiger partial charge in [-0.25, -0.2) is 0 Å². The van der Waals surface area contributed by atoms with E-state index in [1.54, 1.807) is 0 Å². The molecule has 0 aromatic carbocycles. The van der Waals surface area contributed by atoms with Gasteiger partial charge in [0.25, 0.3) is 0 Å². The first kappa shape index (κ1) is 9.34. The number of allylic oxidation sites excluding steroid dienone is 4. The summed E-state index contributed by atoms with van der Waals surface area (Å²) in [5.74, 6) is 0. The average molecular weight is 236 g/mol. The van der Waals surface area contributed by atoms with Gasteiger partial charge in [-0.05, 0) is 10.9 Å². The molecule has 2 heteroatoms. The fourth-order valence-corrected chi connectivity index (χ4v) is 2.53. The molecule has 0 saturated heterocycles. The molecular weight excluding hydrogens is 223 g/mol. The summed E-state index contributed by atoms with van der Waals surface area (Å²) in [4.78, 5) is -0.123. The molecule has 1 aliphatic rings. The van der Waals surface area contributed by atoms with Gasteiger partial charge in [-0.1, -0.05) is 47.5 Å². The van der Waals surface area contributed by atoms with Crippen LogP contribution < -0.4 is 0 Å². The van der Waals surface area contributed by atoms with Gasteiger partial charge >= 0.3 is 0 Å². The quantitative estimate of drug-likeness (QED) is 0.635. The summed E-state index contributed by atoms with van der Waals surface area (Å²) in [5.41, 5.74) is 0. The van der Waals surface area contributed by atoms with Crippen molar-refractivity contribution < 1.29 is 0 Å². The molecule has 0 bridgehead atoms. The van der Waals surface area contributed by atoms with Crippen LogP contribution in [-0.4, -0.2) is 4.87 Å². The molecule has 0 spiro atoms. The lowest BCUT2D eigenvalue weighted by Crippen LogP contribution is -2.19. The highest BCUT2D eigenvalue weighted by molar-refractivity contribution is 9.11. The fourth-order valence-electron chi connectivity index (χ4n) is 1.31. The van der Waals surface area contributed by atoms with Crippen molar-refractivity contribution >= 4 is 27.5 Å². The Balaban J connectivity index is 2.62.